The molecule has 0 aliphatic heterocycles. The fourth-order valence-electron chi connectivity index (χ4n) is 2.86. The van der Waals surface area contributed by atoms with E-state index in [1.807, 2.05) is 36.4 Å². The second kappa shape index (κ2) is 6.00. The molecule has 1 amide bonds. The number of ether oxygens (including phenoxy) is 1. The predicted molar refractivity (Wildman–Crippen MR) is 82.2 cm³/mol. The van der Waals surface area contributed by atoms with Gasteiger partial charge >= 0.3 is 0 Å². The predicted octanol–water partition coefficient (Wildman–Crippen LogP) is 2.73. The van der Waals surface area contributed by atoms with Crippen LogP contribution in [-0.2, 0) is 24.2 Å². The normalized spacial score (nSPS) is 13.8. The number of rotatable bonds is 4. The average Bonchev–Trinajstić information content (AvgIpc) is 2.97. The summed E-state index contributed by atoms with van der Waals surface area (Å²) in [6.45, 7) is 0.545. The van der Waals surface area contributed by atoms with Crippen LogP contribution in [-0.4, -0.2) is 13.0 Å². The SMILES string of the molecule is COc1cccc(CNC(=O)C2Cc3ccccc3C2)c1. The Bertz CT molecular complexity index is 626. The second-order valence-electron chi connectivity index (χ2n) is 5.44. The first kappa shape index (κ1) is 13.7. The largest absolute Gasteiger partial charge is 0.497 e. The molecule has 0 atom stereocenters. The Balaban J connectivity index is 1.58. The third kappa shape index (κ3) is 3.07. The molecule has 0 aromatic heterocycles. The Kier molecular flexibility index (Phi) is 3.91. The summed E-state index contributed by atoms with van der Waals surface area (Å²) in [7, 11) is 1.65. The van der Waals surface area contributed by atoms with E-state index in [0.717, 1.165) is 24.2 Å². The highest BCUT2D eigenvalue weighted by atomic mass is 16.5. The fraction of sp³-hybridized carbons (Fsp3) is 0.278. The van der Waals surface area contributed by atoms with Crippen molar-refractivity contribution in [3.05, 3.63) is 65.2 Å². The Morgan fingerprint density at radius 1 is 1.14 bits per heavy atom. The summed E-state index contributed by atoms with van der Waals surface area (Å²) in [5, 5.41) is 3.03. The lowest BCUT2D eigenvalue weighted by Gasteiger charge is -2.11. The third-order valence-electron chi connectivity index (χ3n) is 4.02. The monoisotopic (exact) mass is 281 g/mol. The van der Waals surface area contributed by atoms with Crippen molar-refractivity contribution in [2.45, 2.75) is 19.4 Å². The highest BCUT2D eigenvalue weighted by Gasteiger charge is 2.26. The van der Waals surface area contributed by atoms with Crippen LogP contribution in [0.2, 0.25) is 0 Å². The van der Waals surface area contributed by atoms with Gasteiger partial charge in [-0.25, -0.2) is 0 Å². The minimum atomic E-state index is 0.0630. The van der Waals surface area contributed by atoms with E-state index in [0.29, 0.717) is 6.54 Å². The number of carbonyl (C=O) groups excluding carboxylic acids is 1. The van der Waals surface area contributed by atoms with Gasteiger partial charge in [0.25, 0.3) is 0 Å². The molecule has 108 valence electrons. The fourth-order valence-corrected chi connectivity index (χ4v) is 2.86. The van der Waals surface area contributed by atoms with E-state index in [4.69, 9.17) is 4.74 Å². The Morgan fingerprint density at radius 2 is 1.86 bits per heavy atom. The van der Waals surface area contributed by atoms with Crippen molar-refractivity contribution in [3.63, 3.8) is 0 Å². The highest BCUT2D eigenvalue weighted by molar-refractivity contribution is 5.80. The van der Waals surface area contributed by atoms with Gasteiger partial charge in [-0.05, 0) is 41.7 Å². The Hall–Kier alpha value is -2.29. The summed E-state index contributed by atoms with van der Waals surface area (Å²) < 4.78 is 5.19. The highest BCUT2D eigenvalue weighted by Crippen LogP contribution is 2.26. The quantitative estimate of drug-likeness (QED) is 0.936. The summed E-state index contributed by atoms with van der Waals surface area (Å²) in [5.74, 6) is 1.01. The average molecular weight is 281 g/mol. The number of methoxy groups -OCH3 is 1. The van der Waals surface area contributed by atoms with Gasteiger partial charge in [0.2, 0.25) is 5.91 Å². The third-order valence-corrected chi connectivity index (χ3v) is 4.02. The molecule has 0 bridgehead atoms. The molecule has 2 aromatic rings. The maximum Gasteiger partial charge on any atom is 0.224 e. The number of amides is 1. The maximum absolute atomic E-state index is 12.3. The lowest BCUT2D eigenvalue weighted by atomic mass is 10.1. The molecule has 3 nitrogen and oxygen atoms in total. The zero-order valence-corrected chi connectivity index (χ0v) is 12.1. The molecular weight excluding hydrogens is 262 g/mol. The molecule has 3 heteroatoms. The van der Waals surface area contributed by atoms with Gasteiger partial charge in [-0.15, -0.1) is 0 Å². The number of carbonyl (C=O) groups is 1. The van der Waals surface area contributed by atoms with Crippen LogP contribution in [0.1, 0.15) is 16.7 Å². The van der Waals surface area contributed by atoms with Gasteiger partial charge < -0.3 is 10.1 Å². The van der Waals surface area contributed by atoms with Crippen molar-refractivity contribution in [2.75, 3.05) is 7.11 Å². The van der Waals surface area contributed by atoms with Crippen molar-refractivity contribution in [1.82, 2.24) is 5.32 Å². The molecule has 0 radical (unpaired) electrons. The first-order valence-corrected chi connectivity index (χ1v) is 7.23. The summed E-state index contributed by atoms with van der Waals surface area (Å²) >= 11 is 0. The van der Waals surface area contributed by atoms with E-state index >= 15 is 0 Å². The molecule has 0 fully saturated rings. The van der Waals surface area contributed by atoms with E-state index < -0.39 is 0 Å². The van der Waals surface area contributed by atoms with Crippen LogP contribution in [0.15, 0.2) is 48.5 Å². The lowest BCUT2D eigenvalue weighted by molar-refractivity contribution is -0.124. The van der Waals surface area contributed by atoms with Crippen LogP contribution in [0, 0.1) is 5.92 Å². The van der Waals surface area contributed by atoms with E-state index in [9.17, 15) is 4.79 Å². The van der Waals surface area contributed by atoms with Crippen LogP contribution in [0.4, 0.5) is 0 Å². The second-order valence-corrected chi connectivity index (χ2v) is 5.44. The molecule has 2 aromatic carbocycles. The molecular formula is C18H19NO2. The maximum atomic E-state index is 12.3. The van der Waals surface area contributed by atoms with Crippen LogP contribution >= 0.6 is 0 Å². The number of fused-ring (bicyclic) bond motifs is 1. The minimum absolute atomic E-state index is 0.0630. The number of nitrogens with one attached hydrogen (secondary N) is 1. The standard InChI is InChI=1S/C18H19NO2/c1-21-17-8-4-5-13(9-17)12-19-18(20)16-10-14-6-2-3-7-15(14)11-16/h2-9,16H,10-12H2,1H3,(H,19,20). The van der Waals surface area contributed by atoms with E-state index in [-0.39, 0.29) is 11.8 Å². The molecule has 1 aliphatic rings. The van der Waals surface area contributed by atoms with Gasteiger partial charge in [-0.2, -0.15) is 0 Å². The van der Waals surface area contributed by atoms with E-state index in [2.05, 4.69) is 17.4 Å². The van der Waals surface area contributed by atoms with Crippen LogP contribution in [0.25, 0.3) is 0 Å². The molecule has 0 unspecified atom stereocenters. The molecule has 1 N–H and O–H groups in total. The van der Waals surface area contributed by atoms with Gasteiger partial charge in [0, 0.05) is 12.5 Å². The molecule has 3 rings (SSSR count). The van der Waals surface area contributed by atoms with E-state index in [1.165, 1.54) is 11.1 Å². The summed E-state index contributed by atoms with van der Waals surface area (Å²) in [4.78, 5) is 12.3. The summed E-state index contributed by atoms with van der Waals surface area (Å²) in [5.41, 5.74) is 3.66. The van der Waals surface area contributed by atoms with Gasteiger partial charge in [0.05, 0.1) is 7.11 Å². The van der Waals surface area contributed by atoms with Crippen LogP contribution < -0.4 is 10.1 Å². The van der Waals surface area contributed by atoms with Gasteiger partial charge in [0.1, 0.15) is 5.75 Å². The van der Waals surface area contributed by atoms with Crippen molar-refractivity contribution < 1.29 is 9.53 Å². The van der Waals surface area contributed by atoms with Crippen molar-refractivity contribution in [3.8, 4) is 5.75 Å². The van der Waals surface area contributed by atoms with E-state index in [1.54, 1.807) is 7.11 Å². The molecule has 0 saturated heterocycles. The molecule has 21 heavy (non-hydrogen) atoms. The van der Waals surface area contributed by atoms with Crippen LogP contribution in [0.3, 0.4) is 0 Å². The van der Waals surface area contributed by atoms with Crippen molar-refractivity contribution in [1.29, 1.82) is 0 Å². The van der Waals surface area contributed by atoms with Crippen LogP contribution in [0.5, 0.6) is 5.75 Å². The topological polar surface area (TPSA) is 38.3 Å². The smallest absolute Gasteiger partial charge is 0.224 e. The lowest BCUT2D eigenvalue weighted by Crippen LogP contribution is -2.30. The first-order valence-electron chi connectivity index (χ1n) is 7.23. The first-order chi connectivity index (χ1) is 10.3. The van der Waals surface area contributed by atoms with Gasteiger partial charge in [-0.1, -0.05) is 36.4 Å². The molecule has 0 spiro atoms. The summed E-state index contributed by atoms with van der Waals surface area (Å²) in [6.07, 6.45) is 1.69. The number of hydrogen-bond acceptors (Lipinski definition) is 2. The Morgan fingerprint density at radius 3 is 2.52 bits per heavy atom. The number of hydrogen-bond donors (Lipinski definition) is 1. The zero-order valence-electron chi connectivity index (χ0n) is 12.1. The van der Waals surface area contributed by atoms with Crippen molar-refractivity contribution >= 4 is 5.91 Å². The van der Waals surface area contributed by atoms with Gasteiger partial charge in [0.15, 0.2) is 0 Å². The Labute approximate surface area is 124 Å². The summed E-state index contributed by atoms with van der Waals surface area (Å²) in [6, 6.07) is 16.1. The number of benzene rings is 2. The molecule has 1 aliphatic carbocycles. The molecule has 0 saturated carbocycles. The zero-order chi connectivity index (χ0) is 14.7. The molecule has 0 heterocycles. The van der Waals surface area contributed by atoms with Gasteiger partial charge in [-0.3, -0.25) is 4.79 Å². The van der Waals surface area contributed by atoms with Crippen molar-refractivity contribution in [2.24, 2.45) is 5.92 Å². The minimum Gasteiger partial charge on any atom is -0.497 e.